The molecule has 2 N–H and O–H groups in total. The van der Waals surface area contributed by atoms with Crippen LogP contribution in [0.4, 0.5) is 0 Å². The molecule has 0 fully saturated rings. The summed E-state index contributed by atoms with van der Waals surface area (Å²) in [6, 6.07) is 18.4. The van der Waals surface area contributed by atoms with Gasteiger partial charge in [-0.25, -0.2) is 4.68 Å². The van der Waals surface area contributed by atoms with Crippen LogP contribution in [0.3, 0.4) is 0 Å². The maximum atomic E-state index is 8.97. The third-order valence-corrected chi connectivity index (χ3v) is 3.80. The van der Waals surface area contributed by atoms with Crippen LogP contribution in [0.15, 0.2) is 60.8 Å². The van der Waals surface area contributed by atoms with Gasteiger partial charge in [0.15, 0.2) is 0 Å². The first-order valence-corrected chi connectivity index (χ1v) is 7.81. The third-order valence-electron chi connectivity index (χ3n) is 3.80. The van der Waals surface area contributed by atoms with E-state index in [1.54, 1.807) is 0 Å². The zero-order valence-electron chi connectivity index (χ0n) is 13.2. The summed E-state index contributed by atoms with van der Waals surface area (Å²) in [5.41, 5.74) is 5.45. The van der Waals surface area contributed by atoms with Crippen LogP contribution in [0.1, 0.15) is 11.1 Å². The predicted molar refractivity (Wildman–Crippen MR) is 92.5 cm³/mol. The number of aliphatic hydroxyl groups is 1. The zero-order chi connectivity index (χ0) is 16.1. The SMILES string of the molecule is Cc1ccccc1-n1cc(CNCCO)c(-c2ccccc2)n1. The van der Waals surface area contributed by atoms with Crippen LogP contribution >= 0.6 is 0 Å². The van der Waals surface area contributed by atoms with Crippen LogP contribution in [0, 0.1) is 6.92 Å². The first kappa shape index (κ1) is 15.5. The number of para-hydroxylation sites is 1. The normalized spacial score (nSPS) is 10.9. The molecule has 0 unspecified atom stereocenters. The molecule has 2 aromatic carbocycles. The Bertz CT molecular complexity index is 765. The summed E-state index contributed by atoms with van der Waals surface area (Å²) < 4.78 is 1.94. The molecule has 1 aromatic heterocycles. The topological polar surface area (TPSA) is 50.1 Å². The van der Waals surface area contributed by atoms with E-state index in [2.05, 4.69) is 42.7 Å². The molecule has 0 aliphatic carbocycles. The molecule has 0 radical (unpaired) electrons. The number of aromatic nitrogens is 2. The van der Waals surface area contributed by atoms with Crippen LogP contribution in [-0.2, 0) is 6.54 Å². The average Bonchev–Trinajstić information content (AvgIpc) is 3.00. The minimum atomic E-state index is 0.132. The lowest BCUT2D eigenvalue weighted by Gasteiger charge is -2.04. The Kier molecular flexibility index (Phi) is 4.86. The number of nitrogens with zero attached hydrogens (tertiary/aromatic N) is 2. The van der Waals surface area contributed by atoms with Crippen molar-refractivity contribution in [3.63, 3.8) is 0 Å². The molecule has 0 saturated heterocycles. The standard InChI is InChI=1S/C19H21N3O/c1-15-7-5-6-10-18(15)22-14-17(13-20-11-12-23)19(21-22)16-8-3-2-4-9-16/h2-10,14,20,23H,11-13H2,1H3. The van der Waals surface area contributed by atoms with Gasteiger partial charge in [-0.2, -0.15) is 5.10 Å². The van der Waals surface area contributed by atoms with Crippen LogP contribution < -0.4 is 5.32 Å². The van der Waals surface area contributed by atoms with Gasteiger partial charge in [0, 0.05) is 30.4 Å². The number of benzene rings is 2. The first-order valence-electron chi connectivity index (χ1n) is 7.81. The van der Waals surface area contributed by atoms with E-state index in [1.165, 1.54) is 5.56 Å². The Morgan fingerprint density at radius 1 is 1.04 bits per heavy atom. The third kappa shape index (κ3) is 3.50. The summed E-state index contributed by atoms with van der Waals surface area (Å²) in [5, 5.41) is 17.0. The monoisotopic (exact) mass is 307 g/mol. The zero-order valence-corrected chi connectivity index (χ0v) is 13.2. The lowest BCUT2D eigenvalue weighted by atomic mass is 10.1. The summed E-state index contributed by atoms with van der Waals surface area (Å²) >= 11 is 0. The lowest BCUT2D eigenvalue weighted by Crippen LogP contribution is -2.17. The van der Waals surface area contributed by atoms with E-state index in [0.29, 0.717) is 13.1 Å². The number of rotatable bonds is 6. The van der Waals surface area contributed by atoms with Crippen molar-refractivity contribution in [3.05, 3.63) is 71.9 Å². The van der Waals surface area contributed by atoms with Gasteiger partial charge < -0.3 is 10.4 Å². The fraction of sp³-hybridized carbons (Fsp3) is 0.211. The van der Waals surface area contributed by atoms with E-state index in [9.17, 15) is 0 Å². The van der Waals surface area contributed by atoms with Gasteiger partial charge in [0.25, 0.3) is 0 Å². The van der Waals surface area contributed by atoms with Crippen molar-refractivity contribution in [1.29, 1.82) is 0 Å². The second-order valence-electron chi connectivity index (χ2n) is 5.50. The second kappa shape index (κ2) is 7.22. The van der Waals surface area contributed by atoms with E-state index in [0.717, 1.165) is 22.5 Å². The molecule has 4 nitrogen and oxygen atoms in total. The summed E-state index contributed by atoms with van der Waals surface area (Å²) in [4.78, 5) is 0. The largest absolute Gasteiger partial charge is 0.395 e. The lowest BCUT2D eigenvalue weighted by molar-refractivity contribution is 0.292. The van der Waals surface area contributed by atoms with Gasteiger partial charge in [0.2, 0.25) is 0 Å². The molecule has 1 heterocycles. The van der Waals surface area contributed by atoms with Gasteiger partial charge >= 0.3 is 0 Å². The Morgan fingerprint density at radius 3 is 2.52 bits per heavy atom. The first-order chi connectivity index (χ1) is 11.3. The average molecular weight is 307 g/mol. The molecule has 0 aliphatic heterocycles. The van der Waals surface area contributed by atoms with Crippen LogP contribution in [0.25, 0.3) is 16.9 Å². The van der Waals surface area contributed by atoms with Crippen molar-refractivity contribution in [2.45, 2.75) is 13.5 Å². The van der Waals surface area contributed by atoms with Gasteiger partial charge in [0.1, 0.15) is 0 Å². The van der Waals surface area contributed by atoms with Gasteiger partial charge in [-0.1, -0.05) is 48.5 Å². The Hall–Kier alpha value is -2.43. The molecule has 0 saturated carbocycles. The van der Waals surface area contributed by atoms with Crippen LogP contribution in [0.2, 0.25) is 0 Å². The van der Waals surface area contributed by atoms with E-state index < -0.39 is 0 Å². The molecule has 23 heavy (non-hydrogen) atoms. The van der Waals surface area contributed by atoms with E-state index in [4.69, 9.17) is 10.2 Å². The number of aliphatic hydroxyl groups excluding tert-OH is 1. The molecule has 3 rings (SSSR count). The Labute approximate surface area is 136 Å². The maximum absolute atomic E-state index is 8.97. The van der Waals surface area contributed by atoms with Crippen molar-refractivity contribution in [2.75, 3.05) is 13.2 Å². The van der Waals surface area contributed by atoms with Gasteiger partial charge in [0.05, 0.1) is 18.0 Å². The van der Waals surface area contributed by atoms with Crippen molar-refractivity contribution < 1.29 is 5.11 Å². The number of hydrogen-bond acceptors (Lipinski definition) is 3. The summed E-state index contributed by atoms with van der Waals surface area (Å²) in [7, 11) is 0. The molecule has 0 spiro atoms. The molecular formula is C19H21N3O. The fourth-order valence-electron chi connectivity index (χ4n) is 2.62. The summed E-state index contributed by atoms with van der Waals surface area (Å²) in [6.07, 6.45) is 2.06. The number of nitrogens with one attached hydrogen (secondary N) is 1. The highest BCUT2D eigenvalue weighted by molar-refractivity contribution is 5.63. The predicted octanol–water partition coefficient (Wildman–Crippen LogP) is 2.93. The van der Waals surface area contributed by atoms with Crippen LogP contribution in [0.5, 0.6) is 0 Å². The minimum absolute atomic E-state index is 0.132. The second-order valence-corrected chi connectivity index (χ2v) is 5.50. The van der Waals surface area contributed by atoms with E-state index in [1.807, 2.05) is 35.0 Å². The van der Waals surface area contributed by atoms with Gasteiger partial charge in [-0.3, -0.25) is 0 Å². The van der Waals surface area contributed by atoms with Crippen molar-refractivity contribution in [1.82, 2.24) is 15.1 Å². The molecule has 118 valence electrons. The fourth-order valence-corrected chi connectivity index (χ4v) is 2.62. The molecule has 0 amide bonds. The quantitative estimate of drug-likeness (QED) is 0.688. The summed E-state index contributed by atoms with van der Waals surface area (Å²) in [5.74, 6) is 0. The molecule has 0 atom stereocenters. The highest BCUT2D eigenvalue weighted by Gasteiger charge is 2.12. The molecule has 0 bridgehead atoms. The summed E-state index contributed by atoms with van der Waals surface area (Å²) in [6.45, 7) is 3.47. The smallest absolute Gasteiger partial charge is 0.0972 e. The molecule has 3 aromatic rings. The molecule has 0 aliphatic rings. The minimum Gasteiger partial charge on any atom is -0.395 e. The molecule has 4 heteroatoms. The Morgan fingerprint density at radius 2 is 1.78 bits per heavy atom. The van der Waals surface area contributed by atoms with E-state index in [-0.39, 0.29) is 6.61 Å². The van der Waals surface area contributed by atoms with Crippen molar-refractivity contribution >= 4 is 0 Å². The highest BCUT2D eigenvalue weighted by Crippen LogP contribution is 2.24. The highest BCUT2D eigenvalue weighted by atomic mass is 16.3. The number of hydrogen-bond donors (Lipinski definition) is 2. The Balaban J connectivity index is 2.01. The van der Waals surface area contributed by atoms with Crippen molar-refractivity contribution in [3.8, 4) is 16.9 Å². The van der Waals surface area contributed by atoms with Gasteiger partial charge in [-0.15, -0.1) is 0 Å². The van der Waals surface area contributed by atoms with Crippen LogP contribution in [-0.4, -0.2) is 28.0 Å². The maximum Gasteiger partial charge on any atom is 0.0972 e. The number of aryl methyl sites for hydroxylation is 1. The van der Waals surface area contributed by atoms with E-state index >= 15 is 0 Å². The van der Waals surface area contributed by atoms with Crippen molar-refractivity contribution in [2.24, 2.45) is 0 Å². The van der Waals surface area contributed by atoms with Gasteiger partial charge in [-0.05, 0) is 18.6 Å². The molecular weight excluding hydrogens is 286 g/mol.